The Balaban J connectivity index is 1.89. The van der Waals surface area contributed by atoms with Gasteiger partial charge in [-0.3, -0.25) is 0 Å². The maximum atomic E-state index is 5.53. The molecule has 0 fully saturated rings. The summed E-state index contributed by atoms with van der Waals surface area (Å²) in [6.45, 7) is 2.29. The molecule has 0 bridgehead atoms. The molecule has 1 atom stereocenters. The highest BCUT2D eigenvalue weighted by molar-refractivity contribution is 7.64. The third kappa shape index (κ3) is 3.86. The van der Waals surface area contributed by atoms with Crippen LogP contribution in [0.5, 0.6) is 5.75 Å². The lowest BCUT2D eigenvalue weighted by atomic mass is 10.1. The minimum atomic E-state index is -0.238. The van der Waals surface area contributed by atoms with Gasteiger partial charge in [-0.1, -0.05) is 81.6 Å². The van der Waals surface area contributed by atoms with Gasteiger partial charge in [0, 0.05) is 6.16 Å². The lowest BCUT2D eigenvalue weighted by Gasteiger charge is -2.19. The number of methoxy groups -OCH3 is 1. The van der Waals surface area contributed by atoms with Gasteiger partial charge < -0.3 is 4.74 Å². The maximum Gasteiger partial charge on any atom is 0.122 e. The van der Waals surface area contributed by atoms with E-state index in [1.54, 1.807) is 7.11 Å². The molecule has 3 aromatic rings. The Hall–Kier alpha value is -2.11. The molecule has 0 heterocycles. The largest absolute Gasteiger partial charge is 0.496 e. The van der Waals surface area contributed by atoms with E-state index in [0.717, 1.165) is 11.9 Å². The van der Waals surface area contributed by atoms with Gasteiger partial charge in [0.2, 0.25) is 0 Å². The van der Waals surface area contributed by atoms with Crippen LogP contribution in [0.3, 0.4) is 0 Å². The number of ether oxygens (including phenoxy) is 1. The number of hydrogen-bond acceptors (Lipinski definition) is 1. The molecule has 0 aliphatic heterocycles. The van der Waals surface area contributed by atoms with Crippen LogP contribution in [0.2, 0.25) is 0 Å². The molecule has 0 aromatic heterocycles. The SMILES string of the molecule is CCP(Cc1ccccc1OC)c1cccc(-c2ccccc2)c1. The van der Waals surface area contributed by atoms with Crippen LogP contribution in [0.1, 0.15) is 12.5 Å². The summed E-state index contributed by atoms with van der Waals surface area (Å²) in [4.78, 5) is 0. The molecule has 0 spiro atoms. The summed E-state index contributed by atoms with van der Waals surface area (Å²) in [6, 6.07) is 28.0. The second-order valence-electron chi connectivity index (χ2n) is 5.74. The summed E-state index contributed by atoms with van der Waals surface area (Å²) >= 11 is 0. The Morgan fingerprint density at radius 3 is 2.25 bits per heavy atom. The quantitative estimate of drug-likeness (QED) is 0.526. The van der Waals surface area contributed by atoms with E-state index in [1.807, 2.05) is 6.07 Å². The van der Waals surface area contributed by atoms with Crippen LogP contribution < -0.4 is 10.0 Å². The van der Waals surface area contributed by atoms with Crippen LogP contribution in [0.25, 0.3) is 11.1 Å². The highest BCUT2D eigenvalue weighted by atomic mass is 31.1. The zero-order chi connectivity index (χ0) is 16.8. The molecule has 0 aliphatic carbocycles. The molecule has 122 valence electrons. The summed E-state index contributed by atoms with van der Waals surface area (Å²) in [7, 11) is 1.51. The monoisotopic (exact) mass is 334 g/mol. The third-order valence-electron chi connectivity index (χ3n) is 4.25. The Kier molecular flexibility index (Phi) is 5.67. The molecule has 0 saturated heterocycles. The first-order valence-electron chi connectivity index (χ1n) is 8.34. The number of benzene rings is 3. The van der Waals surface area contributed by atoms with Crippen molar-refractivity contribution in [3.05, 3.63) is 84.4 Å². The fourth-order valence-electron chi connectivity index (χ4n) is 2.94. The fourth-order valence-corrected chi connectivity index (χ4v) is 5.00. The molecule has 3 rings (SSSR count). The molecule has 24 heavy (non-hydrogen) atoms. The van der Waals surface area contributed by atoms with Crippen LogP contribution in [0.15, 0.2) is 78.9 Å². The van der Waals surface area contributed by atoms with Gasteiger partial charge in [0.15, 0.2) is 0 Å². The Morgan fingerprint density at radius 1 is 0.792 bits per heavy atom. The van der Waals surface area contributed by atoms with Crippen molar-refractivity contribution >= 4 is 13.2 Å². The van der Waals surface area contributed by atoms with Gasteiger partial charge in [0.1, 0.15) is 5.75 Å². The van der Waals surface area contributed by atoms with E-state index in [-0.39, 0.29) is 7.92 Å². The Morgan fingerprint density at radius 2 is 1.50 bits per heavy atom. The zero-order valence-electron chi connectivity index (χ0n) is 14.3. The maximum absolute atomic E-state index is 5.53. The molecule has 3 aromatic carbocycles. The lowest BCUT2D eigenvalue weighted by Crippen LogP contribution is -2.05. The van der Waals surface area contributed by atoms with E-state index in [0.29, 0.717) is 0 Å². The molecular weight excluding hydrogens is 311 g/mol. The van der Waals surface area contributed by atoms with E-state index in [2.05, 4.69) is 79.7 Å². The molecule has 0 radical (unpaired) electrons. The standard InChI is InChI=1S/C22H23OP/c1-3-24(17-20-12-7-8-15-22(20)23-2)21-14-9-13-19(16-21)18-10-5-4-6-11-18/h4-16H,3,17H2,1-2H3. The van der Waals surface area contributed by atoms with Crippen LogP contribution in [-0.2, 0) is 6.16 Å². The smallest absolute Gasteiger partial charge is 0.122 e. The molecule has 0 aliphatic rings. The van der Waals surface area contributed by atoms with Gasteiger partial charge in [0.05, 0.1) is 7.11 Å². The molecule has 1 unspecified atom stereocenters. The highest BCUT2D eigenvalue weighted by Gasteiger charge is 2.13. The van der Waals surface area contributed by atoms with Crippen molar-refractivity contribution in [3.8, 4) is 16.9 Å². The highest BCUT2D eigenvalue weighted by Crippen LogP contribution is 2.41. The third-order valence-corrected chi connectivity index (χ3v) is 6.75. The normalized spacial score (nSPS) is 11.9. The lowest BCUT2D eigenvalue weighted by molar-refractivity contribution is 0.411. The summed E-state index contributed by atoms with van der Waals surface area (Å²) < 4.78 is 5.53. The number of para-hydroxylation sites is 1. The minimum absolute atomic E-state index is 0.238. The van der Waals surface area contributed by atoms with Crippen LogP contribution in [0, 0.1) is 0 Å². The Bertz CT molecular complexity index is 783. The van der Waals surface area contributed by atoms with E-state index in [4.69, 9.17) is 4.74 Å². The van der Waals surface area contributed by atoms with Crippen molar-refractivity contribution in [2.75, 3.05) is 13.3 Å². The van der Waals surface area contributed by atoms with Gasteiger partial charge in [-0.25, -0.2) is 0 Å². The van der Waals surface area contributed by atoms with Crippen molar-refractivity contribution in [2.45, 2.75) is 13.1 Å². The van der Waals surface area contributed by atoms with E-state index in [1.165, 1.54) is 28.2 Å². The molecule has 0 amide bonds. The topological polar surface area (TPSA) is 9.23 Å². The van der Waals surface area contributed by atoms with Gasteiger partial charge in [-0.15, -0.1) is 0 Å². The molecule has 0 N–H and O–H groups in total. The fraction of sp³-hybridized carbons (Fsp3) is 0.182. The first-order chi connectivity index (χ1) is 11.8. The van der Waals surface area contributed by atoms with Crippen molar-refractivity contribution in [1.29, 1.82) is 0 Å². The summed E-state index contributed by atoms with van der Waals surface area (Å²) in [5.41, 5.74) is 3.88. The van der Waals surface area contributed by atoms with E-state index in [9.17, 15) is 0 Å². The van der Waals surface area contributed by atoms with Crippen molar-refractivity contribution in [3.63, 3.8) is 0 Å². The van der Waals surface area contributed by atoms with Crippen molar-refractivity contribution < 1.29 is 4.74 Å². The summed E-state index contributed by atoms with van der Waals surface area (Å²) in [5, 5.41) is 1.46. The van der Waals surface area contributed by atoms with Crippen LogP contribution in [-0.4, -0.2) is 13.3 Å². The second kappa shape index (κ2) is 8.13. The number of hydrogen-bond donors (Lipinski definition) is 0. The van der Waals surface area contributed by atoms with Gasteiger partial charge in [0.25, 0.3) is 0 Å². The number of rotatable bonds is 6. The molecule has 0 saturated carbocycles. The van der Waals surface area contributed by atoms with Crippen molar-refractivity contribution in [1.82, 2.24) is 0 Å². The van der Waals surface area contributed by atoms with Crippen LogP contribution >= 0.6 is 7.92 Å². The van der Waals surface area contributed by atoms with E-state index < -0.39 is 0 Å². The average Bonchev–Trinajstić information content (AvgIpc) is 2.67. The first kappa shape index (κ1) is 16.7. The predicted octanol–water partition coefficient (Wildman–Crippen LogP) is 5.69. The van der Waals surface area contributed by atoms with Gasteiger partial charge in [-0.2, -0.15) is 0 Å². The van der Waals surface area contributed by atoms with Crippen molar-refractivity contribution in [2.24, 2.45) is 0 Å². The Labute approximate surface area is 146 Å². The van der Waals surface area contributed by atoms with Gasteiger partial charge in [-0.05, 0) is 40.3 Å². The van der Waals surface area contributed by atoms with Gasteiger partial charge >= 0.3 is 0 Å². The molecule has 1 nitrogen and oxygen atoms in total. The molecular formula is C22H23OP. The van der Waals surface area contributed by atoms with Crippen LogP contribution in [0.4, 0.5) is 0 Å². The summed E-state index contributed by atoms with van der Waals surface area (Å²) in [6.07, 6.45) is 2.24. The average molecular weight is 334 g/mol. The summed E-state index contributed by atoms with van der Waals surface area (Å²) in [5.74, 6) is 0.998. The predicted molar refractivity (Wildman–Crippen MR) is 106 cm³/mol. The molecule has 2 heteroatoms. The zero-order valence-corrected chi connectivity index (χ0v) is 15.2. The minimum Gasteiger partial charge on any atom is -0.496 e. The first-order valence-corrected chi connectivity index (χ1v) is 10.1. The van der Waals surface area contributed by atoms with E-state index >= 15 is 0 Å². The second-order valence-corrected chi connectivity index (χ2v) is 8.29.